The predicted molar refractivity (Wildman–Crippen MR) is 90.9 cm³/mol. The van der Waals surface area contributed by atoms with Crippen LogP contribution in [0.25, 0.3) is 0 Å². The Bertz CT molecular complexity index is 694. The van der Waals surface area contributed by atoms with Gasteiger partial charge in [-0.2, -0.15) is 0 Å². The van der Waals surface area contributed by atoms with Gasteiger partial charge in [-0.1, -0.05) is 24.8 Å². The van der Waals surface area contributed by atoms with Gasteiger partial charge in [0, 0.05) is 36.9 Å². The molecular formula is C17H20N4S. The molecule has 0 amide bonds. The minimum Gasteiger partial charge on any atom is -0.353 e. The molecule has 114 valence electrons. The van der Waals surface area contributed by atoms with E-state index in [1.807, 2.05) is 24.0 Å². The molecule has 5 heteroatoms. The molecule has 0 spiro atoms. The van der Waals surface area contributed by atoms with Crippen LogP contribution in [-0.4, -0.2) is 31.4 Å². The molecule has 1 saturated heterocycles. The second-order valence-electron chi connectivity index (χ2n) is 5.88. The van der Waals surface area contributed by atoms with Crippen LogP contribution in [-0.2, 0) is 7.05 Å². The summed E-state index contributed by atoms with van der Waals surface area (Å²) in [6, 6.07) is 11.4. The first-order valence-electron chi connectivity index (χ1n) is 7.80. The fourth-order valence-electron chi connectivity index (χ4n) is 3.45. The monoisotopic (exact) mass is 312 g/mol. The van der Waals surface area contributed by atoms with Crippen LogP contribution < -0.4 is 0 Å². The first kappa shape index (κ1) is 13.9. The Labute approximate surface area is 135 Å². The number of aromatic nitrogens is 2. The highest BCUT2D eigenvalue weighted by atomic mass is 32.2. The quantitative estimate of drug-likeness (QED) is 0.871. The summed E-state index contributed by atoms with van der Waals surface area (Å²) in [5, 5.41) is 1.19. The fourth-order valence-corrected chi connectivity index (χ4v) is 4.79. The SMILES string of the molecule is CCC1CSC2=NC(c3ccccn3)C(c3cccn3C)N21. The maximum atomic E-state index is 5.03. The van der Waals surface area contributed by atoms with E-state index in [-0.39, 0.29) is 12.1 Å². The van der Waals surface area contributed by atoms with Gasteiger partial charge < -0.3 is 9.47 Å². The molecule has 0 radical (unpaired) electrons. The molecule has 2 aromatic rings. The Morgan fingerprint density at radius 2 is 2.18 bits per heavy atom. The van der Waals surface area contributed by atoms with Crippen LogP contribution in [0.2, 0.25) is 0 Å². The zero-order valence-electron chi connectivity index (χ0n) is 12.9. The largest absolute Gasteiger partial charge is 0.353 e. The molecule has 4 rings (SSSR count). The highest BCUT2D eigenvalue weighted by molar-refractivity contribution is 8.14. The van der Waals surface area contributed by atoms with Gasteiger partial charge in [0.1, 0.15) is 6.04 Å². The summed E-state index contributed by atoms with van der Waals surface area (Å²) in [5.74, 6) is 1.14. The van der Waals surface area contributed by atoms with Crippen molar-refractivity contribution in [1.29, 1.82) is 0 Å². The van der Waals surface area contributed by atoms with Crippen LogP contribution in [0.15, 0.2) is 47.7 Å². The molecule has 4 heterocycles. The number of nitrogens with zero attached hydrogens (tertiary/aromatic N) is 4. The summed E-state index contributed by atoms with van der Waals surface area (Å²) in [7, 11) is 2.12. The summed E-state index contributed by atoms with van der Waals surface area (Å²) in [6.07, 6.45) is 5.14. The third kappa shape index (κ3) is 2.07. The van der Waals surface area contributed by atoms with E-state index in [0.717, 1.165) is 17.9 Å². The molecule has 3 unspecified atom stereocenters. The summed E-state index contributed by atoms with van der Waals surface area (Å²) in [4.78, 5) is 12.1. The van der Waals surface area contributed by atoms with Crippen molar-refractivity contribution in [2.45, 2.75) is 31.5 Å². The van der Waals surface area contributed by atoms with Gasteiger partial charge in [0.05, 0.1) is 11.7 Å². The second-order valence-corrected chi connectivity index (χ2v) is 6.87. The molecular weight excluding hydrogens is 292 g/mol. The fraction of sp³-hybridized carbons (Fsp3) is 0.412. The number of pyridine rings is 1. The van der Waals surface area contributed by atoms with Crippen molar-refractivity contribution < 1.29 is 0 Å². The van der Waals surface area contributed by atoms with Crippen molar-refractivity contribution in [2.24, 2.45) is 12.0 Å². The average molecular weight is 312 g/mol. The van der Waals surface area contributed by atoms with Crippen molar-refractivity contribution in [2.75, 3.05) is 5.75 Å². The molecule has 22 heavy (non-hydrogen) atoms. The van der Waals surface area contributed by atoms with Gasteiger partial charge in [-0.3, -0.25) is 9.98 Å². The van der Waals surface area contributed by atoms with Crippen molar-refractivity contribution in [3.63, 3.8) is 0 Å². The van der Waals surface area contributed by atoms with Gasteiger partial charge in [0.15, 0.2) is 5.17 Å². The Balaban J connectivity index is 1.80. The summed E-state index contributed by atoms with van der Waals surface area (Å²) >= 11 is 1.89. The molecule has 0 bridgehead atoms. The lowest BCUT2D eigenvalue weighted by atomic mass is 9.99. The Kier molecular flexibility index (Phi) is 3.45. The molecule has 2 aliphatic heterocycles. The van der Waals surface area contributed by atoms with Crippen LogP contribution in [0.4, 0.5) is 0 Å². The molecule has 1 fully saturated rings. The van der Waals surface area contributed by atoms with Crippen LogP contribution in [0.5, 0.6) is 0 Å². The van der Waals surface area contributed by atoms with Gasteiger partial charge in [-0.25, -0.2) is 0 Å². The van der Waals surface area contributed by atoms with Gasteiger partial charge in [0.2, 0.25) is 0 Å². The van der Waals surface area contributed by atoms with Crippen LogP contribution >= 0.6 is 11.8 Å². The van der Waals surface area contributed by atoms with E-state index in [4.69, 9.17) is 4.99 Å². The number of amidine groups is 1. The first-order chi connectivity index (χ1) is 10.8. The molecule has 4 nitrogen and oxygen atoms in total. The van der Waals surface area contributed by atoms with Gasteiger partial charge in [0.25, 0.3) is 0 Å². The highest BCUT2D eigenvalue weighted by Crippen LogP contribution is 2.48. The zero-order chi connectivity index (χ0) is 15.1. The number of aryl methyl sites for hydroxylation is 1. The smallest absolute Gasteiger partial charge is 0.160 e. The van der Waals surface area contributed by atoms with Crippen molar-refractivity contribution in [3.05, 3.63) is 54.1 Å². The number of hydrogen-bond acceptors (Lipinski definition) is 4. The van der Waals surface area contributed by atoms with E-state index >= 15 is 0 Å². The zero-order valence-corrected chi connectivity index (χ0v) is 13.7. The highest BCUT2D eigenvalue weighted by Gasteiger charge is 2.46. The first-order valence-corrected chi connectivity index (χ1v) is 8.79. The number of hydrogen-bond donors (Lipinski definition) is 0. The Morgan fingerprint density at radius 3 is 2.86 bits per heavy atom. The number of aliphatic imine (C=N–C) groups is 1. The van der Waals surface area contributed by atoms with E-state index in [9.17, 15) is 0 Å². The van der Waals surface area contributed by atoms with E-state index in [2.05, 4.69) is 58.9 Å². The minimum atomic E-state index is 0.0895. The van der Waals surface area contributed by atoms with Crippen LogP contribution in [0.3, 0.4) is 0 Å². The molecule has 3 atom stereocenters. The standard InChI is InChI=1S/C17H20N4S/c1-3-12-11-22-17-19-15(13-7-4-5-9-18-13)16(21(12)17)14-8-6-10-20(14)2/h4-10,12,15-16H,3,11H2,1-2H3. The van der Waals surface area contributed by atoms with E-state index in [1.54, 1.807) is 0 Å². The molecule has 0 aromatic carbocycles. The Morgan fingerprint density at radius 1 is 1.27 bits per heavy atom. The van der Waals surface area contributed by atoms with E-state index in [1.165, 1.54) is 10.9 Å². The van der Waals surface area contributed by atoms with Crippen LogP contribution in [0.1, 0.15) is 36.8 Å². The second kappa shape index (κ2) is 5.47. The predicted octanol–water partition coefficient (Wildman–Crippen LogP) is 3.40. The summed E-state index contributed by atoms with van der Waals surface area (Å²) < 4.78 is 2.22. The molecule has 0 saturated carbocycles. The maximum absolute atomic E-state index is 5.03. The van der Waals surface area contributed by atoms with E-state index < -0.39 is 0 Å². The maximum Gasteiger partial charge on any atom is 0.160 e. The topological polar surface area (TPSA) is 33.4 Å². The average Bonchev–Trinajstić information content (AvgIpc) is 3.22. The molecule has 0 N–H and O–H groups in total. The minimum absolute atomic E-state index is 0.0895. The lowest BCUT2D eigenvalue weighted by Gasteiger charge is -2.31. The third-order valence-corrected chi connectivity index (χ3v) is 5.74. The van der Waals surface area contributed by atoms with Crippen molar-refractivity contribution in [1.82, 2.24) is 14.5 Å². The van der Waals surface area contributed by atoms with Gasteiger partial charge >= 0.3 is 0 Å². The Hall–Kier alpha value is -1.75. The lowest BCUT2D eigenvalue weighted by molar-refractivity contribution is 0.247. The summed E-state index contributed by atoms with van der Waals surface area (Å²) in [5.41, 5.74) is 2.38. The van der Waals surface area contributed by atoms with Gasteiger partial charge in [-0.05, 0) is 30.7 Å². The van der Waals surface area contributed by atoms with Gasteiger partial charge in [-0.15, -0.1) is 0 Å². The molecule has 0 aliphatic carbocycles. The molecule has 2 aromatic heterocycles. The summed E-state index contributed by atoms with van der Waals surface area (Å²) in [6.45, 7) is 2.27. The van der Waals surface area contributed by atoms with Crippen LogP contribution in [0, 0.1) is 0 Å². The number of rotatable bonds is 3. The van der Waals surface area contributed by atoms with Crippen molar-refractivity contribution in [3.8, 4) is 0 Å². The lowest BCUT2D eigenvalue weighted by Crippen LogP contribution is -2.36. The normalized spacial score (nSPS) is 27.1. The molecule has 2 aliphatic rings. The number of fused-ring (bicyclic) bond motifs is 1. The third-order valence-electron chi connectivity index (χ3n) is 4.62. The number of thioether (sulfide) groups is 1. The van der Waals surface area contributed by atoms with Crippen molar-refractivity contribution >= 4 is 16.9 Å². The van der Waals surface area contributed by atoms with E-state index in [0.29, 0.717) is 6.04 Å².